The van der Waals surface area contributed by atoms with Crippen LogP contribution in [0.1, 0.15) is 25.3 Å². The molecule has 1 aliphatic heterocycles. The first-order valence-corrected chi connectivity index (χ1v) is 9.03. The molecule has 0 bridgehead atoms. The van der Waals surface area contributed by atoms with E-state index in [1.165, 1.54) is 0 Å². The van der Waals surface area contributed by atoms with E-state index in [0.29, 0.717) is 38.1 Å². The van der Waals surface area contributed by atoms with Gasteiger partial charge in [0.05, 0.1) is 30.1 Å². The second kappa shape index (κ2) is 6.62. The van der Waals surface area contributed by atoms with E-state index in [1.54, 1.807) is 16.2 Å². The van der Waals surface area contributed by atoms with Crippen LogP contribution in [0.25, 0.3) is 10.7 Å². The Morgan fingerprint density at radius 3 is 3.25 bits per heavy atom. The van der Waals surface area contributed by atoms with Gasteiger partial charge in [-0.3, -0.25) is 4.79 Å². The van der Waals surface area contributed by atoms with Crippen molar-refractivity contribution in [3.05, 3.63) is 23.4 Å². The number of amides is 1. The standard InChI is InChI=1S/C16H19N3O4S/c1-2-22-12-8-10(12)16(20)19-5-6-21-9-11(19)15-17-14(18-23-15)13-4-3-7-24-13/h3-4,7,10-12H,2,5-6,8-9H2,1H3. The van der Waals surface area contributed by atoms with Crippen LogP contribution in [0.15, 0.2) is 22.0 Å². The topological polar surface area (TPSA) is 77.7 Å². The first kappa shape index (κ1) is 15.7. The molecular weight excluding hydrogens is 330 g/mol. The molecule has 0 spiro atoms. The highest BCUT2D eigenvalue weighted by Gasteiger charge is 2.48. The zero-order valence-corrected chi connectivity index (χ0v) is 14.2. The summed E-state index contributed by atoms with van der Waals surface area (Å²) in [6, 6.07) is 3.56. The number of morpholine rings is 1. The number of hydrogen-bond donors (Lipinski definition) is 0. The van der Waals surface area contributed by atoms with Crippen LogP contribution in [0.2, 0.25) is 0 Å². The third-order valence-electron chi connectivity index (χ3n) is 4.31. The second-order valence-corrected chi connectivity index (χ2v) is 6.84. The highest BCUT2D eigenvalue weighted by atomic mass is 32.1. The molecule has 24 heavy (non-hydrogen) atoms. The van der Waals surface area contributed by atoms with Gasteiger partial charge in [-0.2, -0.15) is 4.98 Å². The normalized spacial score (nSPS) is 26.5. The molecule has 2 aromatic rings. The van der Waals surface area contributed by atoms with Crippen molar-refractivity contribution in [2.75, 3.05) is 26.4 Å². The lowest BCUT2D eigenvalue weighted by atomic mass is 10.2. The molecule has 1 aliphatic carbocycles. The fourth-order valence-electron chi connectivity index (χ4n) is 2.99. The molecule has 2 aliphatic rings. The zero-order valence-electron chi connectivity index (χ0n) is 13.4. The average molecular weight is 349 g/mol. The molecule has 0 aromatic carbocycles. The SMILES string of the molecule is CCOC1CC1C(=O)N1CCOCC1c1nc(-c2cccs2)no1. The zero-order chi connectivity index (χ0) is 16.5. The second-order valence-electron chi connectivity index (χ2n) is 5.89. The molecule has 8 heteroatoms. The smallest absolute Gasteiger partial charge is 0.252 e. The molecule has 2 fully saturated rings. The number of ether oxygens (including phenoxy) is 2. The maximum atomic E-state index is 12.8. The van der Waals surface area contributed by atoms with Gasteiger partial charge in [-0.15, -0.1) is 11.3 Å². The van der Waals surface area contributed by atoms with Crippen molar-refractivity contribution in [1.29, 1.82) is 0 Å². The number of carbonyl (C=O) groups is 1. The predicted molar refractivity (Wildman–Crippen MR) is 86.4 cm³/mol. The molecule has 1 saturated heterocycles. The van der Waals surface area contributed by atoms with Crippen LogP contribution in [0.5, 0.6) is 0 Å². The van der Waals surface area contributed by atoms with E-state index in [1.807, 2.05) is 24.4 Å². The molecule has 0 N–H and O–H groups in total. The van der Waals surface area contributed by atoms with E-state index >= 15 is 0 Å². The van der Waals surface area contributed by atoms with Gasteiger partial charge in [0.15, 0.2) is 0 Å². The quantitative estimate of drug-likeness (QED) is 0.823. The van der Waals surface area contributed by atoms with Gasteiger partial charge in [-0.05, 0) is 24.8 Å². The van der Waals surface area contributed by atoms with Crippen LogP contribution in [0.3, 0.4) is 0 Å². The summed E-state index contributed by atoms with van der Waals surface area (Å²) >= 11 is 1.55. The third kappa shape index (κ3) is 2.97. The summed E-state index contributed by atoms with van der Waals surface area (Å²) in [5.41, 5.74) is 0. The minimum atomic E-state index is -0.324. The van der Waals surface area contributed by atoms with Crippen LogP contribution in [0.4, 0.5) is 0 Å². The molecule has 4 rings (SSSR count). The number of nitrogens with zero attached hydrogens (tertiary/aromatic N) is 3. The Morgan fingerprint density at radius 2 is 2.46 bits per heavy atom. The van der Waals surface area contributed by atoms with E-state index < -0.39 is 0 Å². The molecule has 7 nitrogen and oxygen atoms in total. The van der Waals surface area contributed by atoms with Crippen LogP contribution < -0.4 is 0 Å². The van der Waals surface area contributed by atoms with Crippen LogP contribution in [-0.2, 0) is 14.3 Å². The molecule has 0 radical (unpaired) electrons. The van der Waals surface area contributed by atoms with E-state index in [0.717, 1.165) is 11.3 Å². The number of aromatic nitrogens is 2. The fraction of sp³-hybridized carbons (Fsp3) is 0.562. The lowest BCUT2D eigenvalue weighted by molar-refractivity contribution is -0.143. The Bertz CT molecular complexity index is 702. The van der Waals surface area contributed by atoms with Gasteiger partial charge in [0, 0.05) is 13.2 Å². The number of hydrogen-bond acceptors (Lipinski definition) is 7. The van der Waals surface area contributed by atoms with Crippen molar-refractivity contribution in [2.45, 2.75) is 25.5 Å². The van der Waals surface area contributed by atoms with Crippen LogP contribution in [0, 0.1) is 5.92 Å². The Morgan fingerprint density at radius 1 is 1.54 bits per heavy atom. The van der Waals surface area contributed by atoms with Gasteiger partial charge in [0.1, 0.15) is 6.04 Å². The maximum Gasteiger partial charge on any atom is 0.252 e. The Balaban J connectivity index is 1.51. The van der Waals surface area contributed by atoms with Crippen LogP contribution in [-0.4, -0.2) is 53.4 Å². The average Bonchev–Trinajstić information content (AvgIpc) is 3.04. The number of thiophene rings is 1. The van der Waals surface area contributed by atoms with Gasteiger partial charge < -0.3 is 18.9 Å². The minimum absolute atomic E-state index is 0.0507. The van der Waals surface area contributed by atoms with E-state index in [4.69, 9.17) is 14.0 Å². The maximum absolute atomic E-state index is 12.8. The molecule has 1 saturated carbocycles. The summed E-state index contributed by atoms with van der Waals surface area (Å²) < 4.78 is 16.5. The summed E-state index contributed by atoms with van der Waals surface area (Å²) in [5, 5.41) is 6.00. The van der Waals surface area contributed by atoms with Gasteiger partial charge in [0.25, 0.3) is 5.89 Å². The van der Waals surface area contributed by atoms with Crippen molar-refractivity contribution in [3.63, 3.8) is 0 Å². The number of rotatable bonds is 5. The lowest BCUT2D eigenvalue weighted by Gasteiger charge is -2.33. The summed E-state index contributed by atoms with van der Waals surface area (Å²) in [5.74, 6) is 1.03. The van der Waals surface area contributed by atoms with Gasteiger partial charge in [0.2, 0.25) is 11.7 Å². The molecule has 1 amide bonds. The summed E-state index contributed by atoms with van der Waals surface area (Å²) in [6.45, 7) is 4.02. The fourth-order valence-corrected chi connectivity index (χ4v) is 3.64. The lowest BCUT2D eigenvalue weighted by Crippen LogP contribution is -2.44. The van der Waals surface area contributed by atoms with E-state index in [9.17, 15) is 4.79 Å². The molecular formula is C16H19N3O4S. The molecule has 3 unspecified atom stereocenters. The van der Waals surface area contributed by atoms with E-state index in [-0.39, 0.29) is 24.0 Å². The highest BCUT2D eigenvalue weighted by Crippen LogP contribution is 2.38. The summed E-state index contributed by atoms with van der Waals surface area (Å²) in [4.78, 5) is 20.0. The first-order valence-electron chi connectivity index (χ1n) is 8.15. The molecule has 3 heterocycles. The summed E-state index contributed by atoms with van der Waals surface area (Å²) in [6.07, 6.45) is 0.844. The van der Waals surface area contributed by atoms with E-state index in [2.05, 4.69) is 10.1 Å². The Labute approximate surface area is 143 Å². The Hall–Kier alpha value is -1.77. The minimum Gasteiger partial charge on any atom is -0.378 e. The van der Waals surface area contributed by atoms with Gasteiger partial charge >= 0.3 is 0 Å². The highest BCUT2D eigenvalue weighted by molar-refractivity contribution is 7.13. The van der Waals surface area contributed by atoms with Crippen molar-refractivity contribution >= 4 is 17.2 Å². The van der Waals surface area contributed by atoms with Gasteiger partial charge in [-0.1, -0.05) is 11.2 Å². The monoisotopic (exact) mass is 349 g/mol. The van der Waals surface area contributed by atoms with Gasteiger partial charge in [-0.25, -0.2) is 0 Å². The Kier molecular flexibility index (Phi) is 4.34. The molecule has 2 aromatic heterocycles. The number of carbonyl (C=O) groups excluding carboxylic acids is 1. The van der Waals surface area contributed by atoms with Crippen molar-refractivity contribution in [1.82, 2.24) is 15.0 Å². The van der Waals surface area contributed by atoms with Crippen LogP contribution >= 0.6 is 11.3 Å². The van der Waals surface area contributed by atoms with Crippen molar-refractivity contribution in [3.8, 4) is 10.7 Å². The predicted octanol–water partition coefficient (Wildman–Crippen LogP) is 2.12. The summed E-state index contributed by atoms with van der Waals surface area (Å²) in [7, 11) is 0. The third-order valence-corrected chi connectivity index (χ3v) is 5.18. The van der Waals surface area contributed by atoms with Crippen molar-refractivity contribution in [2.24, 2.45) is 5.92 Å². The molecule has 3 atom stereocenters. The largest absolute Gasteiger partial charge is 0.378 e. The molecule has 128 valence electrons. The van der Waals surface area contributed by atoms with Crippen molar-refractivity contribution < 1.29 is 18.8 Å². The first-order chi connectivity index (χ1) is 11.8.